The second-order valence-corrected chi connectivity index (χ2v) is 8.15. The van der Waals surface area contributed by atoms with E-state index in [2.05, 4.69) is 0 Å². The van der Waals surface area contributed by atoms with Crippen LogP contribution in [0.1, 0.15) is 6.92 Å². The molecule has 0 aliphatic rings. The van der Waals surface area contributed by atoms with Crippen LogP contribution < -0.4 is 9.83 Å². The zero-order chi connectivity index (χ0) is 14.6. The third-order valence-corrected chi connectivity index (χ3v) is 6.15. The van der Waals surface area contributed by atoms with Gasteiger partial charge in [0, 0.05) is 10.3 Å². The molecule has 1 unspecified atom stereocenters. The van der Waals surface area contributed by atoms with Crippen LogP contribution in [0.4, 0.5) is 0 Å². The molecule has 0 amide bonds. The smallest absolute Gasteiger partial charge is 0.269 e. The molecular weight excluding hydrogens is 334 g/mol. The Morgan fingerprint density at radius 1 is 1.10 bits per heavy atom. The summed E-state index contributed by atoms with van der Waals surface area (Å²) >= 11 is 17.6. The SMILES string of the molecule is CCOP(=S)(Oc1ccc(Cl)cc1Cl)c1ccccc1. The average molecular weight is 347 g/mol. The predicted molar refractivity (Wildman–Crippen MR) is 89.1 cm³/mol. The van der Waals surface area contributed by atoms with Crippen molar-refractivity contribution in [2.75, 3.05) is 6.61 Å². The maximum atomic E-state index is 6.13. The van der Waals surface area contributed by atoms with Gasteiger partial charge in [0.25, 0.3) is 6.49 Å². The zero-order valence-electron chi connectivity index (χ0n) is 10.8. The molecule has 0 fully saturated rings. The lowest BCUT2D eigenvalue weighted by Gasteiger charge is -2.23. The standard InChI is InChI=1S/C14H13Cl2O2PS/c1-2-17-19(20,12-6-4-3-5-7-12)18-14-9-8-11(15)10-13(14)16/h3-10H,2H2,1H3. The topological polar surface area (TPSA) is 18.5 Å². The van der Waals surface area contributed by atoms with Crippen molar-refractivity contribution in [3.63, 3.8) is 0 Å². The normalized spacial score (nSPS) is 13.8. The molecule has 0 radical (unpaired) electrons. The molecule has 2 rings (SSSR count). The fraction of sp³-hybridized carbons (Fsp3) is 0.143. The molecule has 20 heavy (non-hydrogen) atoms. The monoisotopic (exact) mass is 346 g/mol. The Kier molecular flexibility index (Phi) is 5.48. The summed E-state index contributed by atoms with van der Waals surface area (Å²) < 4.78 is 11.6. The van der Waals surface area contributed by atoms with E-state index in [1.165, 1.54) is 0 Å². The van der Waals surface area contributed by atoms with Crippen molar-refractivity contribution in [3.8, 4) is 5.75 Å². The first kappa shape index (κ1) is 15.8. The molecule has 0 aliphatic heterocycles. The lowest BCUT2D eigenvalue weighted by molar-refractivity contribution is 0.339. The summed E-state index contributed by atoms with van der Waals surface area (Å²) in [5, 5.41) is 1.82. The predicted octanol–water partition coefficient (Wildman–Crippen LogP) is 5.04. The van der Waals surface area contributed by atoms with Gasteiger partial charge < -0.3 is 9.05 Å². The van der Waals surface area contributed by atoms with Crippen LogP contribution in [-0.2, 0) is 16.3 Å². The molecule has 0 aliphatic carbocycles. The Bertz CT molecular complexity index is 634. The maximum Gasteiger partial charge on any atom is 0.269 e. The van der Waals surface area contributed by atoms with Crippen molar-refractivity contribution >= 4 is 46.8 Å². The van der Waals surface area contributed by atoms with Crippen molar-refractivity contribution < 1.29 is 9.05 Å². The van der Waals surface area contributed by atoms with Crippen LogP contribution in [0, 0.1) is 0 Å². The van der Waals surface area contributed by atoms with Crippen LogP contribution in [0.3, 0.4) is 0 Å². The Balaban J connectivity index is 2.37. The van der Waals surface area contributed by atoms with Crippen molar-refractivity contribution in [1.29, 1.82) is 0 Å². The molecule has 2 aromatic rings. The van der Waals surface area contributed by atoms with Gasteiger partial charge in [-0.25, -0.2) is 0 Å². The quantitative estimate of drug-likeness (QED) is 0.706. The minimum Gasteiger partial charge on any atom is -0.439 e. The summed E-state index contributed by atoms with van der Waals surface area (Å²) in [7, 11) is 0. The van der Waals surface area contributed by atoms with E-state index in [-0.39, 0.29) is 0 Å². The number of halogens is 2. The lowest BCUT2D eigenvalue weighted by Crippen LogP contribution is -2.12. The molecule has 0 saturated heterocycles. The molecule has 0 saturated carbocycles. The molecule has 1 atom stereocenters. The summed E-state index contributed by atoms with van der Waals surface area (Å²) in [5.41, 5.74) is 0. The van der Waals surface area contributed by atoms with Crippen LogP contribution in [0.15, 0.2) is 48.5 Å². The average Bonchev–Trinajstić information content (AvgIpc) is 2.43. The summed E-state index contributed by atoms with van der Waals surface area (Å²) in [4.78, 5) is 0. The van der Waals surface area contributed by atoms with Gasteiger partial charge in [-0.05, 0) is 49.1 Å². The van der Waals surface area contributed by atoms with E-state index in [1.807, 2.05) is 37.3 Å². The summed E-state index contributed by atoms with van der Waals surface area (Å²) in [5.74, 6) is 0.483. The molecule has 106 valence electrons. The van der Waals surface area contributed by atoms with Gasteiger partial charge in [0.05, 0.1) is 11.6 Å². The van der Waals surface area contributed by atoms with Gasteiger partial charge in [0.15, 0.2) is 0 Å². The molecule has 2 nitrogen and oxygen atoms in total. The van der Waals surface area contributed by atoms with E-state index in [4.69, 9.17) is 44.1 Å². The number of hydrogen-bond donors (Lipinski definition) is 0. The highest BCUT2D eigenvalue weighted by Gasteiger charge is 2.24. The van der Waals surface area contributed by atoms with Crippen molar-refractivity contribution in [1.82, 2.24) is 0 Å². The van der Waals surface area contributed by atoms with Crippen LogP contribution >= 0.6 is 29.7 Å². The molecule has 0 N–H and O–H groups in total. The summed E-state index contributed by atoms with van der Waals surface area (Å²) in [6, 6.07) is 14.6. The van der Waals surface area contributed by atoms with E-state index in [9.17, 15) is 0 Å². The third kappa shape index (κ3) is 3.75. The minimum atomic E-state index is -2.63. The molecule has 0 bridgehead atoms. The van der Waals surface area contributed by atoms with Gasteiger partial charge >= 0.3 is 0 Å². The highest BCUT2D eigenvalue weighted by Crippen LogP contribution is 2.49. The Labute approximate surface area is 133 Å². The Morgan fingerprint density at radius 2 is 1.80 bits per heavy atom. The third-order valence-electron chi connectivity index (χ3n) is 2.48. The minimum absolute atomic E-state index is 0.419. The van der Waals surface area contributed by atoms with Gasteiger partial charge in [0.1, 0.15) is 5.75 Å². The van der Waals surface area contributed by atoms with Crippen molar-refractivity contribution in [3.05, 3.63) is 58.6 Å². The Hall–Kier alpha value is -0.570. The van der Waals surface area contributed by atoms with Gasteiger partial charge in [-0.1, -0.05) is 41.4 Å². The summed E-state index contributed by atoms with van der Waals surface area (Å²) in [6.45, 7) is -0.275. The number of benzene rings is 2. The number of rotatable bonds is 5. The molecule has 0 aromatic heterocycles. The molecule has 0 spiro atoms. The van der Waals surface area contributed by atoms with E-state index in [0.29, 0.717) is 22.4 Å². The van der Waals surface area contributed by atoms with E-state index in [1.54, 1.807) is 18.2 Å². The van der Waals surface area contributed by atoms with E-state index in [0.717, 1.165) is 5.30 Å². The van der Waals surface area contributed by atoms with Crippen molar-refractivity contribution in [2.45, 2.75) is 6.92 Å². The van der Waals surface area contributed by atoms with Crippen LogP contribution in [-0.4, -0.2) is 6.61 Å². The van der Waals surface area contributed by atoms with Crippen LogP contribution in [0.25, 0.3) is 0 Å². The van der Waals surface area contributed by atoms with E-state index >= 15 is 0 Å². The zero-order valence-corrected chi connectivity index (χ0v) is 14.0. The molecular formula is C14H13Cl2O2PS. The highest BCUT2D eigenvalue weighted by molar-refractivity contribution is 8.13. The van der Waals surface area contributed by atoms with E-state index < -0.39 is 6.49 Å². The van der Waals surface area contributed by atoms with Gasteiger partial charge in [-0.3, -0.25) is 0 Å². The molecule has 6 heteroatoms. The first-order valence-corrected chi connectivity index (χ1v) is 9.39. The first-order chi connectivity index (χ1) is 9.55. The second kappa shape index (κ2) is 6.93. The summed E-state index contributed by atoms with van der Waals surface area (Å²) in [6.07, 6.45) is 0. The lowest BCUT2D eigenvalue weighted by atomic mass is 10.3. The molecule has 0 heterocycles. The van der Waals surface area contributed by atoms with Crippen LogP contribution in [0.5, 0.6) is 5.75 Å². The maximum absolute atomic E-state index is 6.13. The fourth-order valence-corrected chi connectivity index (χ4v) is 4.64. The Morgan fingerprint density at radius 3 is 2.40 bits per heavy atom. The van der Waals surface area contributed by atoms with Crippen molar-refractivity contribution in [2.24, 2.45) is 0 Å². The van der Waals surface area contributed by atoms with Gasteiger partial charge in [0.2, 0.25) is 0 Å². The second-order valence-electron chi connectivity index (χ2n) is 3.92. The first-order valence-electron chi connectivity index (χ1n) is 6.00. The van der Waals surface area contributed by atoms with Crippen LogP contribution in [0.2, 0.25) is 10.0 Å². The largest absolute Gasteiger partial charge is 0.439 e. The highest BCUT2D eigenvalue weighted by atomic mass is 35.5. The molecule has 2 aromatic carbocycles. The number of hydrogen-bond acceptors (Lipinski definition) is 3. The van der Waals surface area contributed by atoms with Gasteiger partial charge in [-0.2, -0.15) is 0 Å². The van der Waals surface area contributed by atoms with Gasteiger partial charge in [-0.15, -0.1) is 0 Å². The fourth-order valence-electron chi connectivity index (χ4n) is 1.61.